The maximum atomic E-state index is 12.4. The molecule has 0 bridgehead atoms. The number of fused-ring (bicyclic) bond motifs is 1. The summed E-state index contributed by atoms with van der Waals surface area (Å²) in [7, 11) is 0. The van der Waals surface area contributed by atoms with Gasteiger partial charge >= 0.3 is 6.61 Å². The van der Waals surface area contributed by atoms with E-state index < -0.39 is 6.61 Å². The monoisotopic (exact) mass is 299 g/mol. The fourth-order valence-corrected chi connectivity index (χ4v) is 3.37. The third-order valence-electron chi connectivity index (χ3n) is 4.49. The maximum Gasteiger partial charge on any atom is 0.387 e. The van der Waals surface area contributed by atoms with Gasteiger partial charge in [0.1, 0.15) is 5.75 Å². The van der Waals surface area contributed by atoms with Crippen LogP contribution in [0.25, 0.3) is 0 Å². The van der Waals surface area contributed by atoms with Gasteiger partial charge in [-0.25, -0.2) is 0 Å². The number of ether oxygens (including phenoxy) is 2. The molecule has 0 aliphatic carbocycles. The van der Waals surface area contributed by atoms with Crippen molar-refractivity contribution in [2.75, 3.05) is 32.9 Å². The van der Waals surface area contributed by atoms with Crippen molar-refractivity contribution in [3.8, 4) is 5.75 Å². The Morgan fingerprint density at radius 1 is 1.43 bits per heavy atom. The molecule has 0 spiro atoms. The zero-order valence-corrected chi connectivity index (χ0v) is 11.7. The first-order valence-corrected chi connectivity index (χ1v) is 7.07. The Bertz CT molecular complexity index is 500. The summed E-state index contributed by atoms with van der Waals surface area (Å²) in [6.07, 6.45) is 0. The minimum absolute atomic E-state index is 0.101. The number of aliphatic hydroxyl groups excluding tert-OH is 1. The molecule has 2 atom stereocenters. The van der Waals surface area contributed by atoms with Crippen LogP contribution in [-0.2, 0) is 11.3 Å². The van der Waals surface area contributed by atoms with E-state index in [2.05, 4.69) is 9.64 Å². The van der Waals surface area contributed by atoms with E-state index >= 15 is 0 Å². The lowest BCUT2D eigenvalue weighted by molar-refractivity contribution is -0.0507. The fourth-order valence-electron chi connectivity index (χ4n) is 3.37. The van der Waals surface area contributed by atoms with Crippen LogP contribution in [0.15, 0.2) is 24.3 Å². The molecule has 2 heterocycles. The van der Waals surface area contributed by atoms with E-state index in [-0.39, 0.29) is 17.8 Å². The third-order valence-corrected chi connectivity index (χ3v) is 4.49. The Kier molecular flexibility index (Phi) is 4.10. The number of hydrogen-bond acceptors (Lipinski definition) is 4. The van der Waals surface area contributed by atoms with Crippen LogP contribution in [0.5, 0.6) is 5.75 Å². The number of benzene rings is 1. The minimum atomic E-state index is -2.82. The molecule has 2 saturated heterocycles. The smallest absolute Gasteiger partial charge is 0.387 e. The quantitative estimate of drug-likeness (QED) is 0.899. The minimum Gasteiger partial charge on any atom is -0.434 e. The summed E-state index contributed by atoms with van der Waals surface area (Å²) in [5, 5.41) is 9.65. The van der Waals surface area contributed by atoms with Gasteiger partial charge in [-0.3, -0.25) is 4.90 Å². The molecular weight excluding hydrogens is 280 g/mol. The summed E-state index contributed by atoms with van der Waals surface area (Å²) < 4.78 is 34.9. The number of para-hydroxylation sites is 1. The van der Waals surface area contributed by atoms with Gasteiger partial charge in [-0.1, -0.05) is 18.2 Å². The highest BCUT2D eigenvalue weighted by Gasteiger charge is 2.50. The molecule has 2 fully saturated rings. The van der Waals surface area contributed by atoms with E-state index in [0.717, 1.165) is 18.7 Å². The molecule has 1 N–H and O–H groups in total. The van der Waals surface area contributed by atoms with Crippen molar-refractivity contribution in [1.29, 1.82) is 0 Å². The van der Waals surface area contributed by atoms with E-state index in [1.807, 2.05) is 6.07 Å². The average Bonchev–Trinajstić information content (AvgIpc) is 2.97. The van der Waals surface area contributed by atoms with Gasteiger partial charge in [-0.05, 0) is 6.07 Å². The lowest BCUT2D eigenvalue weighted by Crippen LogP contribution is -2.34. The number of hydrogen-bond donors (Lipinski definition) is 1. The van der Waals surface area contributed by atoms with E-state index in [1.165, 1.54) is 0 Å². The standard InChI is InChI=1S/C15H19F2NO3/c16-14(17)21-13-4-2-1-3-11(13)5-18-6-12-7-20-10-15(12,8-18)9-19/h1-4,12,14,19H,5-10H2/t12-,15-/m0/s1. The Balaban J connectivity index is 1.71. The van der Waals surface area contributed by atoms with Crippen molar-refractivity contribution in [3.63, 3.8) is 0 Å². The van der Waals surface area contributed by atoms with Crippen LogP contribution >= 0.6 is 0 Å². The molecule has 116 valence electrons. The van der Waals surface area contributed by atoms with Crippen molar-refractivity contribution >= 4 is 0 Å². The molecule has 4 nitrogen and oxygen atoms in total. The molecule has 0 aromatic heterocycles. The highest BCUT2D eigenvalue weighted by atomic mass is 19.3. The van der Waals surface area contributed by atoms with Crippen LogP contribution in [0.1, 0.15) is 5.56 Å². The topological polar surface area (TPSA) is 41.9 Å². The summed E-state index contributed by atoms with van der Waals surface area (Å²) in [6.45, 7) is 0.582. The van der Waals surface area contributed by atoms with Gasteiger partial charge in [0.05, 0.1) is 19.8 Å². The highest BCUT2D eigenvalue weighted by molar-refractivity contribution is 5.33. The van der Waals surface area contributed by atoms with Gasteiger partial charge in [0.25, 0.3) is 0 Å². The van der Waals surface area contributed by atoms with Gasteiger partial charge in [0, 0.05) is 36.5 Å². The lowest BCUT2D eigenvalue weighted by Gasteiger charge is -2.24. The Morgan fingerprint density at radius 2 is 2.24 bits per heavy atom. The molecule has 1 aromatic carbocycles. The second-order valence-corrected chi connectivity index (χ2v) is 5.89. The van der Waals surface area contributed by atoms with Gasteiger partial charge in [-0.15, -0.1) is 0 Å². The fraction of sp³-hybridized carbons (Fsp3) is 0.600. The zero-order chi connectivity index (χ0) is 14.9. The number of aliphatic hydroxyl groups is 1. The summed E-state index contributed by atoms with van der Waals surface area (Å²) in [5.74, 6) is 0.532. The van der Waals surface area contributed by atoms with Crippen molar-refractivity contribution in [2.24, 2.45) is 11.3 Å². The van der Waals surface area contributed by atoms with Gasteiger partial charge in [0.2, 0.25) is 0 Å². The van der Waals surface area contributed by atoms with Crippen molar-refractivity contribution in [2.45, 2.75) is 13.2 Å². The number of likely N-dealkylation sites (tertiary alicyclic amines) is 1. The van der Waals surface area contributed by atoms with Crippen LogP contribution in [0.3, 0.4) is 0 Å². The molecule has 3 rings (SSSR count). The summed E-state index contributed by atoms with van der Waals surface area (Å²) in [6, 6.07) is 6.86. The molecule has 2 aliphatic rings. The van der Waals surface area contributed by atoms with E-state index in [0.29, 0.717) is 25.7 Å². The van der Waals surface area contributed by atoms with Crippen LogP contribution in [0, 0.1) is 11.3 Å². The molecule has 0 unspecified atom stereocenters. The first-order chi connectivity index (χ1) is 10.1. The first-order valence-electron chi connectivity index (χ1n) is 7.07. The number of alkyl halides is 2. The highest BCUT2D eigenvalue weighted by Crippen LogP contribution is 2.41. The number of halogens is 2. The van der Waals surface area contributed by atoms with Gasteiger partial charge in [0.15, 0.2) is 0 Å². The predicted molar refractivity (Wildman–Crippen MR) is 72.2 cm³/mol. The molecule has 6 heteroatoms. The summed E-state index contributed by atoms with van der Waals surface area (Å²) in [5.41, 5.74) is 0.546. The van der Waals surface area contributed by atoms with Crippen LogP contribution in [0.4, 0.5) is 8.78 Å². The van der Waals surface area contributed by atoms with Gasteiger partial charge < -0.3 is 14.6 Å². The Hall–Kier alpha value is -1.24. The normalized spacial score (nSPS) is 29.0. The average molecular weight is 299 g/mol. The predicted octanol–water partition coefficient (Wildman–Crippen LogP) is 1.73. The lowest BCUT2D eigenvalue weighted by atomic mass is 9.82. The zero-order valence-electron chi connectivity index (χ0n) is 11.7. The van der Waals surface area contributed by atoms with Crippen molar-refractivity contribution in [1.82, 2.24) is 4.90 Å². The number of rotatable bonds is 5. The Morgan fingerprint density at radius 3 is 2.95 bits per heavy atom. The van der Waals surface area contributed by atoms with Crippen LogP contribution in [-0.4, -0.2) is 49.5 Å². The van der Waals surface area contributed by atoms with Crippen LogP contribution in [0.2, 0.25) is 0 Å². The summed E-state index contributed by atoms with van der Waals surface area (Å²) >= 11 is 0. The van der Waals surface area contributed by atoms with E-state index in [4.69, 9.17) is 4.74 Å². The molecular formula is C15H19F2NO3. The van der Waals surface area contributed by atoms with Gasteiger partial charge in [-0.2, -0.15) is 8.78 Å². The molecule has 21 heavy (non-hydrogen) atoms. The second kappa shape index (κ2) is 5.87. The largest absolute Gasteiger partial charge is 0.434 e. The van der Waals surface area contributed by atoms with E-state index in [9.17, 15) is 13.9 Å². The number of nitrogens with zero attached hydrogens (tertiary/aromatic N) is 1. The molecule has 0 saturated carbocycles. The second-order valence-electron chi connectivity index (χ2n) is 5.89. The molecule has 1 aromatic rings. The van der Waals surface area contributed by atoms with Crippen molar-refractivity contribution < 1.29 is 23.4 Å². The molecule has 0 radical (unpaired) electrons. The Labute approximate surface area is 122 Å². The third kappa shape index (κ3) is 2.88. The summed E-state index contributed by atoms with van der Waals surface area (Å²) in [4.78, 5) is 2.18. The van der Waals surface area contributed by atoms with Crippen molar-refractivity contribution in [3.05, 3.63) is 29.8 Å². The SMILES string of the molecule is OC[C@@]12COC[C@@H]1CN(Cc1ccccc1OC(F)F)C2. The van der Waals surface area contributed by atoms with E-state index in [1.54, 1.807) is 18.2 Å². The molecule has 2 aliphatic heterocycles. The molecule has 0 amide bonds. The maximum absolute atomic E-state index is 12.4. The van der Waals surface area contributed by atoms with Crippen LogP contribution < -0.4 is 4.74 Å². The first kappa shape index (κ1) is 14.7.